The van der Waals surface area contributed by atoms with E-state index in [1.165, 1.54) is 5.56 Å². The lowest BCUT2D eigenvalue weighted by Crippen LogP contribution is -2.43. The van der Waals surface area contributed by atoms with Crippen LogP contribution in [0.2, 0.25) is 0 Å². The summed E-state index contributed by atoms with van der Waals surface area (Å²) in [5, 5.41) is 0. The van der Waals surface area contributed by atoms with Crippen molar-refractivity contribution >= 4 is 5.91 Å². The Hall–Kier alpha value is -1.35. The van der Waals surface area contributed by atoms with Gasteiger partial charge < -0.3 is 9.64 Å². The molecule has 0 bridgehead atoms. The molecule has 3 nitrogen and oxygen atoms in total. The summed E-state index contributed by atoms with van der Waals surface area (Å²) in [7, 11) is 0. The van der Waals surface area contributed by atoms with Gasteiger partial charge in [0.1, 0.15) is 0 Å². The van der Waals surface area contributed by atoms with Crippen LogP contribution >= 0.6 is 0 Å². The molecule has 2 rings (SSSR count). The Labute approximate surface area is 121 Å². The third-order valence-corrected chi connectivity index (χ3v) is 3.79. The van der Waals surface area contributed by atoms with Gasteiger partial charge in [-0.2, -0.15) is 0 Å². The highest BCUT2D eigenvalue weighted by molar-refractivity contribution is 5.78. The van der Waals surface area contributed by atoms with E-state index in [1.807, 2.05) is 36.9 Å². The molecule has 1 saturated heterocycles. The first-order chi connectivity index (χ1) is 9.66. The second-order valence-corrected chi connectivity index (χ2v) is 5.95. The van der Waals surface area contributed by atoms with E-state index in [1.54, 1.807) is 0 Å². The minimum absolute atomic E-state index is 0.0963. The highest BCUT2D eigenvalue weighted by Gasteiger charge is 2.25. The molecule has 1 aliphatic heterocycles. The number of hydrogen-bond donors (Lipinski definition) is 0. The number of likely N-dealkylation sites (tertiary alicyclic amines) is 1. The van der Waals surface area contributed by atoms with Gasteiger partial charge in [-0.05, 0) is 24.3 Å². The maximum absolute atomic E-state index is 12.0. The SMILES string of the molecule is CC(C)C(=O)N1CCCC(COCc2ccccc2)C1. The number of carbonyl (C=O) groups excluding carboxylic acids is 1. The van der Waals surface area contributed by atoms with Gasteiger partial charge in [-0.15, -0.1) is 0 Å². The summed E-state index contributed by atoms with van der Waals surface area (Å²) >= 11 is 0. The number of carbonyl (C=O) groups is 1. The van der Waals surface area contributed by atoms with Crippen molar-refractivity contribution in [3.8, 4) is 0 Å². The minimum Gasteiger partial charge on any atom is -0.376 e. The average molecular weight is 275 g/mol. The summed E-state index contributed by atoms with van der Waals surface area (Å²) in [6.45, 7) is 7.11. The van der Waals surface area contributed by atoms with Gasteiger partial charge in [-0.1, -0.05) is 44.2 Å². The van der Waals surface area contributed by atoms with Gasteiger partial charge in [0.05, 0.1) is 13.2 Å². The first kappa shape index (κ1) is 15.0. The van der Waals surface area contributed by atoms with Crippen LogP contribution in [0.3, 0.4) is 0 Å². The number of benzene rings is 1. The first-order valence-electron chi connectivity index (χ1n) is 7.57. The fraction of sp³-hybridized carbons (Fsp3) is 0.588. The molecule has 1 aliphatic rings. The first-order valence-corrected chi connectivity index (χ1v) is 7.57. The van der Waals surface area contributed by atoms with Crippen molar-refractivity contribution in [1.29, 1.82) is 0 Å². The number of piperidine rings is 1. The molecule has 110 valence electrons. The zero-order valence-electron chi connectivity index (χ0n) is 12.5. The van der Waals surface area contributed by atoms with Gasteiger partial charge in [0.25, 0.3) is 0 Å². The normalized spacial score (nSPS) is 19.4. The lowest BCUT2D eigenvalue weighted by Gasteiger charge is -2.33. The van der Waals surface area contributed by atoms with Crippen LogP contribution in [0, 0.1) is 11.8 Å². The quantitative estimate of drug-likeness (QED) is 0.826. The molecular formula is C17H25NO2. The Balaban J connectivity index is 1.74. The van der Waals surface area contributed by atoms with Crippen LogP contribution in [0.1, 0.15) is 32.3 Å². The van der Waals surface area contributed by atoms with E-state index in [4.69, 9.17) is 4.74 Å². The zero-order chi connectivity index (χ0) is 14.4. The molecule has 1 unspecified atom stereocenters. The Bertz CT molecular complexity index is 416. The maximum atomic E-state index is 12.0. The largest absolute Gasteiger partial charge is 0.376 e. The topological polar surface area (TPSA) is 29.5 Å². The van der Waals surface area contributed by atoms with Gasteiger partial charge >= 0.3 is 0 Å². The fourth-order valence-corrected chi connectivity index (χ4v) is 2.68. The minimum atomic E-state index is 0.0963. The second-order valence-electron chi connectivity index (χ2n) is 5.95. The van der Waals surface area contributed by atoms with Crippen molar-refractivity contribution in [3.63, 3.8) is 0 Å². The van der Waals surface area contributed by atoms with Crippen molar-refractivity contribution < 1.29 is 9.53 Å². The van der Waals surface area contributed by atoms with E-state index >= 15 is 0 Å². The second kappa shape index (κ2) is 7.44. The van der Waals surface area contributed by atoms with E-state index in [-0.39, 0.29) is 11.8 Å². The van der Waals surface area contributed by atoms with E-state index in [0.29, 0.717) is 12.5 Å². The van der Waals surface area contributed by atoms with Gasteiger partial charge in [0.15, 0.2) is 0 Å². The molecule has 1 fully saturated rings. The highest BCUT2D eigenvalue weighted by atomic mass is 16.5. The van der Waals surface area contributed by atoms with Gasteiger partial charge in [0, 0.05) is 19.0 Å². The van der Waals surface area contributed by atoms with Crippen molar-refractivity contribution in [2.45, 2.75) is 33.3 Å². The van der Waals surface area contributed by atoms with Crippen molar-refractivity contribution in [1.82, 2.24) is 4.90 Å². The molecule has 0 saturated carbocycles. The number of rotatable bonds is 5. The Kier molecular flexibility index (Phi) is 5.60. The summed E-state index contributed by atoms with van der Waals surface area (Å²) < 4.78 is 5.81. The number of amides is 1. The molecule has 1 heterocycles. The molecule has 0 radical (unpaired) electrons. The summed E-state index contributed by atoms with van der Waals surface area (Å²) in [5.74, 6) is 0.854. The monoisotopic (exact) mass is 275 g/mol. The summed E-state index contributed by atoms with van der Waals surface area (Å²) in [5.41, 5.74) is 1.21. The lowest BCUT2D eigenvalue weighted by molar-refractivity contribution is -0.136. The van der Waals surface area contributed by atoms with Crippen LogP contribution in [0.15, 0.2) is 30.3 Å². The van der Waals surface area contributed by atoms with Crippen LogP contribution < -0.4 is 0 Å². The molecule has 0 aromatic heterocycles. The molecule has 0 N–H and O–H groups in total. The van der Waals surface area contributed by atoms with Crippen molar-refractivity contribution in [3.05, 3.63) is 35.9 Å². The molecule has 0 spiro atoms. The summed E-state index contributed by atoms with van der Waals surface area (Å²) in [4.78, 5) is 14.0. The van der Waals surface area contributed by atoms with E-state index in [2.05, 4.69) is 12.1 Å². The predicted molar refractivity (Wildman–Crippen MR) is 80.2 cm³/mol. The summed E-state index contributed by atoms with van der Waals surface area (Å²) in [6, 6.07) is 10.2. The Morgan fingerprint density at radius 1 is 1.35 bits per heavy atom. The third-order valence-electron chi connectivity index (χ3n) is 3.79. The van der Waals surface area contributed by atoms with E-state index in [0.717, 1.165) is 32.5 Å². The molecule has 3 heteroatoms. The van der Waals surface area contributed by atoms with E-state index < -0.39 is 0 Å². The zero-order valence-corrected chi connectivity index (χ0v) is 12.5. The van der Waals surface area contributed by atoms with Crippen LogP contribution in [0.25, 0.3) is 0 Å². The van der Waals surface area contributed by atoms with Gasteiger partial charge in [0.2, 0.25) is 5.91 Å². The molecular weight excluding hydrogens is 250 g/mol. The van der Waals surface area contributed by atoms with Crippen LogP contribution in [0.4, 0.5) is 0 Å². The van der Waals surface area contributed by atoms with E-state index in [9.17, 15) is 4.79 Å². The molecule has 20 heavy (non-hydrogen) atoms. The molecule has 0 aliphatic carbocycles. The van der Waals surface area contributed by atoms with Crippen molar-refractivity contribution in [2.24, 2.45) is 11.8 Å². The number of hydrogen-bond acceptors (Lipinski definition) is 2. The summed E-state index contributed by atoms with van der Waals surface area (Å²) in [6.07, 6.45) is 2.26. The Morgan fingerprint density at radius 3 is 2.80 bits per heavy atom. The maximum Gasteiger partial charge on any atom is 0.225 e. The Morgan fingerprint density at radius 2 is 2.10 bits per heavy atom. The van der Waals surface area contributed by atoms with Crippen LogP contribution in [-0.4, -0.2) is 30.5 Å². The molecule has 1 aromatic rings. The standard InChI is InChI=1S/C17H25NO2/c1-14(2)17(19)18-10-6-9-16(11-18)13-20-12-15-7-4-3-5-8-15/h3-5,7-8,14,16H,6,9-13H2,1-2H3. The molecule has 1 amide bonds. The fourth-order valence-electron chi connectivity index (χ4n) is 2.68. The van der Waals surface area contributed by atoms with Gasteiger partial charge in [-0.25, -0.2) is 0 Å². The lowest BCUT2D eigenvalue weighted by atomic mass is 9.98. The molecule has 1 atom stereocenters. The number of nitrogens with zero attached hydrogens (tertiary/aromatic N) is 1. The third kappa shape index (κ3) is 4.34. The van der Waals surface area contributed by atoms with Gasteiger partial charge in [-0.3, -0.25) is 4.79 Å². The molecule has 1 aromatic carbocycles. The highest BCUT2D eigenvalue weighted by Crippen LogP contribution is 2.19. The average Bonchev–Trinajstić information content (AvgIpc) is 2.48. The van der Waals surface area contributed by atoms with Crippen LogP contribution in [0.5, 0.6) is 0 Å². The van der Waals surface area contributed by atoms with Crippen LogP contribution in [-0.2, 0) is 16.1 Å². The van der Waals surface area contributed by atoms with Crippen molar-refractivity contribution in [2.75, 3.05) is 19.7 Å². The number of ether oxygens (including phenoxy) is 1. The smallest absolute Gasteiger partial charge is 0.225 e. The predicted octanol–water partition coefficient (Wildman–Crippen LogP) is 3.10.